The molecule has 0 bridgehead atoms. The molecule has 0 amide bonds. The maximum absolute atomic E-state index is 13.1. The van der Waals surface area contributed by atoms with Crippen LogP contribution in [0.3, 0.4) is 0 Å². The van der Waals surface area contributed by atoms with Crippen molar-refractivity contribution in [3.05, 3.63) is 85.8 Å². The quantitative estimate of drug-likeness (QED) is 0.391. The first kappa shape index (κ1) is 19.6. The van der Waals surface area contributed by atoms with Gasteiger partial charge in [-0.3, -0.25) is 18.9 Å². The van der Waals surface area contributed by atoms with E-state index in [4.69, 9.17) is 11.6 Å². The highest BCUT2D eigenvalue weighted by Gasteiger charge is 2.19. The van der Waals surface area contributed by atoms with Crippen LogP contribution in [0.5, 0.6) is 0 Å². The van der Waals surface area contributed by atoms with Gasteiger partial charge in [-0.2, -0.15) is 10.1 Å². The smallest absolute Gasteiger partial charge is 0.306 e. The van der Waals surface area contributed by atoms with Crippen molar-refractivity contribution >= 4 is 34.9 Å². The summed E-state index contributed by atoms with van der Waals surface area (Å²) in [5.41, 5.74) is 3.98. The molecule has 0 fully saturated rings. The van der Waals surface area contributed by atoms with Gasteiger partial charge in [-0.1, -0.05) is 29.8 Å². The molecular weight excluding hydrogens is 406 g/mol. The molecule has 10 heteroatoms. The molecule has 1 N–H and O–H groups in total. The maximum atomic E-state index is 13.1. The minimum Gasteiger partial charge on any atom is -0.306 e. The monoisotopic (exact) mass is 423 g/mol. The molecule has 0 saturated carbocycles. The first-order chi connectivity index (χ1) is 14.5. The van der Waals surface area contributed by atoms with Crippen LogP contribution in [0.25, 0.3) is 11.2 Å². The van der Waals surface area contributed by atoms with E-state index in [1.54, 1.807) is 67.6 Å². The summed E-state index contributed by atoms with van der Waals surface area (Å²) < 4.78 is 4.06. The van der Waals surface area contributed by atoms with Crippen molar-refractivity contribution in [2.45, 2.75) is 6.54 Å². The average molecular weight is 424 g/mol. The van der Waals surface area contributed by atoms with E-state index in [-0.39, 0.29) is 17.7 Å². The minimum atomic E-state index is -0.475. The van der Waals surface area contributed by atoms with E-state index in [0.29, 0.717) is 16.5 Å². The molecule has 0 aliphatic heterocycles. The predicted molar refractivity (Wildman–Crippen MR) is 116 cm³/mol. The Hall–Kier alpha value is -3.72. The number of hydrogen-bond acceptors (Lipinski definition) is 6. The number of halogens is 1. The lowest BCUT2D eigenvalue weighted by molar-refractivity contribution is 0.655. The van der Waals surface area contributed by atoms with Crippen LogP contribution in [0.4, 0.5) is 5.95 Å². The number of imidazole rings is 1. The number of aryl methyl sites for hydroxylation is 2. The van der Waals surface area contributed by atoms with Gasteiger partial charge in [-0.05, 0) is 29.3 Å². The van der Waals surface area contributed by atoms with Crippen molar-refractivity contribution in [1.82, 2.24) is 23.7 Å². The largest absolute Gasteiger partial charge is 0.332 e. The molecule has 0 aliphatic carbocycles. The Kier molecular flexibility index (Phi) is 5.20. The highest BCUT2D eigenvalue weighted by molar-refractivity contribution is 6.31. The second-order valence-electron chi connectivity index (χ2n) is 6.64. The van der Waals surface area contributed by atoms with Crippen LogP contribution in [0, 0.1) is 0 Å². The summed E-state index contributed by atoms with van der Waals surface area (Å²) in [5.74, 6) is 0.331. The third-order valence-corrected chi connectivity index (χ3v) is 5.10. The first-order valence-corrected chi connectivity index (χ1v) is 9.44. The van der Waals surface area contributed by atoms with E-state index < -0.39 is 11.2 Å². The molecule has 1 aromatic carbocycles. The van der Waals surface area contributed by atoms with Gasteiger partial charge in [0.1, 0.15) is 0 Å². The molecule has 4 rings (SSSR count). The number of fused-ring (bicyclic) bond motifs is 1. The Morgan fingerprint density at radius 2 is 1.83 bits per heavy atom. The highest BCUT2D eigenvalue weighted by atomic mass is 35.5. The second-order valence-corrected chi connectivity index (χ2v) is 7.05. The number of hydrogen-bond donors (Lipinski definition) is 1. The Labute approximate surface area is 175 Å². The summed E-state index contributed by atoms with van der Waals surface area (Å²) >= 11 is 6.21. The molecule has 0 spiro atoms. The van der Waals surface area contributed by atoms with Crippen molar-refractivity contribution in [3.63, 3.8) is 0 Å². The SMILES string of the molecule is Cn1c(N/N=C\c2ccncc2)nc2c1c(=O)n(Cc1ccccc1Cl)c(=O)n2C. The molecule has 0 radical (unpaired) electrons. The Bertz CT molecular complexity index is 1370. The minimum absolute atomic E-state index is 0.0647. The molecule has 9 nitrogen and oxygen atoms in total. The molecule has 0 aliphatic rings. The lowest BCUT2D eigenvalue weighted by Crippen LogP contribution is -2.39. The van der Waals surface area contributed by atoms with E-state index in [1.165, 1.54) is 4.57 Å². The highest BCUT2D eigenvalue weighted by Crippen LogP contribution is 2.17. The van der Waals surface area contributed by atoms with E-state index in [1.807, 2.05) is 6.07 Å². The molecule has 3 heterocycles. The summed E-state index contributed by atoms with van der Waals surface area (Å²) in [6, 6.07) is 10.7. The lowest BCUT2D eigenvalue weighted by Gasteiger charge is -2.09. The number of pyridine rings is 1. The number of nitrogens with one attached hydrogen (secondary N) is 1. The van der Waals surface area contributed by atoms with Gasteiger partial charge in [0, 0.05) is 31.5 Å². The van der Waals surface area contributed by atoms with Crippen LogP contribution in [0.15, 0.2) is 63.5 Å². The molecule has 0 atom stereocenters. The number of hydrazone groups is 1. The normalized spacial score (nSPS) is 11.4. The average Bonchev–Trinajstić information content (AvgIpc) is 3.08. The summed E-state index contributed by atoms with van der Waals surface area (Å²) in [6.45, 7) is 0.0647. The number of anilines is 1. The van der Waals surface area contributed by atoms with Gasteiger partial charge in [0.25, 0.3) is 5.56 Å². The lowest BCUT2D eigenvalue weighted by atomic mass is 10.2. The zero-order valence-corrected chi connectivity index (χ0v) is 17.0. The second kappa shape index (κ2) is 7.96. The topological polar surface area (TPSA) is 99.1 Å². The summed E-state index contributed by atoms with van der Waals surface area (Å²) in [6.07, 6.45) is 4.93. The van der Waals surface area contributed by atoms with Gasteiger partial charge in [0.05, 0.1) is 12.8 Å². The zero-order chi connectivity index (χ0) is 21.3. The van der Waals surface area contributed by atoms with Gasteiger partial charge in [-0.15, -0.1) is 0 Å². The number of rotatable bonds is 5. The fraction of sp³-hybridized carbons (Fsp3) is 0.150. The van der Waals surface area contributed by atoms with Crippen molar-refractivity contribution in [2.24, 2.45) is 19.2 Å². The van der Waals surface area contributed by atoms with Crippen molar-refractivity contribution in [2.75, 3.05) is 5.43 Å². The maximum Gasteiger partial charge on any atom is 0.332 e. The van der Waals surface area contributed by atoms with Crippen molar-refractivity contribution in [3.8, 4) is 0 Å². The fourth-order valence-corrected chi connectivity index (χ4v) is 3.29. The predicted octanol–water partition coefficient (Wildman–Crippen LogP) is 1.98. The summed E-state index contributed by atoms with van der Waals surface area (Å²) in [7, 11) is 3.26. The van der Waals surface area contributed by atoms with Crippen LogP contribution in [-0.2, 0) is 20.6 Å². The number of aromatic nitrogens is 5. The fourth-order valence-electron chi connectivity index (χ4n) is 3.09. The van der Waals surface area contributed by atoms with Crippen LogP contribution in [0.2, 0.25) is 5.02 Å². The van der Waals surface area contributed by atoms with Crippen LogP contribution < -0.4 is 16.7 Å². The molecule has 0 unspecified atom stereocenters. The Balaban J connectivity index is 1.76. The van der Waals surface area contributed by atoms with Crippen LogP contribution >= 0.6 is 11.6 Å². The molecule has 3 aromatic heterocycles. The molecule has 152 valence electrons. The first-order valence-electron chi connectivity index (χ1n) is 9.06. The van der Waals surface area contributed by atoms with E-state index in [2.05, 4.69) is 20.5 Å². The Morgan fingerprint density at radius 3 is 2.57 bits per heavy atom. The third-order valence-electron chi connectivity index (χ3n) is 4.73. The number of benzene rings is 1. The van der Waals surface area contributed by atoms with E-state index in [9.17, 15) is 9.59 Å². The van der Waals surface area contributed by atoms with Gasteiger partial charge >= 0.3 is 5.69 Å². The zero-order valence-electron chi connectivity index (χ0n) is 16.3. The van der Waals surface area contributed by atoms with Crippen molar-refractivity contribution < 1.29 is 0 Å². The van der Waals surface area contributed by atoms with E-state index >= 15 is 0 Å². The van der Waals surface area contributed by atoms with E-state index in [0.717, 1.165) is 10.1 Å². The molecular formula is C20H18ClN7O2. The van der Waals surface area contributed by atoms with Gasteiger partial charge in [-0.25, -0.2) is 10.2 Å². The molecule has 0 saturated heterocycles. The van der Waals surface area contributed by atoms with Crippen LogP contribution in [-0.4, -0.2) is 29.9 Å². The third kappa shape index (κ3) is 3.50. The summed E-state index contributed by atoms with van der Waals surface area (Å²) in [5, 5.41) is 4.64. The van der Waals surface area contributed by atoms with Gasteiger partial charge in [0.15, 0.2) is 11.2 Å². The Morgan fingerprint density at radius 1 is 1.10 bits per heavy atom. The number of nitrogens with zero attached hydrogens (tertiary/aromatic N) is 6. The molecule has 4 aromatic rings. The van der Waals surface area contributed by atoms with Crippen molar-refractivity contribution in [1.29, 1.82) is 0 Å². The van der Waals surface area contributed by atoms with Crippen LogP contribution in [0.1, 0.15) is 11.1 Å². The standard InChI is InChI=1S/C20H18ClN7O2/c1-26-16-17(24-19(26)25-23-11-13-7-9-22-10-8-13)27(2)20(30)28(18(16)29)12-14-5-3-4-6-15(14)21/h3-11H,12H2,1-2H3,(H,24,25)/b23-11-. The van der Waals surface area contributed by atoms with Gasteiger partial charge < -0.3 is 4.57 Å². The summed E-state index contributed by atoms with van der Waals surface area (Å²) in [4.78, 5) is 34.3. The molecule has 30 heavy (non-hydrogen) atoms. The van der Waals surface area contributed by atoms with Gasteiger partial charge in [0.2, 0.25) is 5.95 Å².